The highest BCUT2D eigenvalue weighted by molar-refractivity contribution is 6.04. The van der Waals surface area contributed by atoms with Crippen LogP contribution in [0.3, 0.4) is 0 Å². The predicted octanol–water partition coefficient (Wildman–Crippen LogP) is 2.64. The molecule has 1 aliphatic heterocycles. The van der Waals surface area contributed by atoms with Crippen LogP contribution in [0.4, 0.5) is 5.69 Å². The van der Waals surface area contributed by atoms with Gasteiger partial charge in [0.2, 0.25) is 0 Å². The minimum absolute atomic E-state index is 0.111. The topological polar surface area (TPSA) is 55.4 Å². The fourth-order valence-corrected chi connectivity index (χ4v) is 1.84. The van der Waals surface area contributed by atoms with E-state index in [0.29, 0.717) is 24.1 Å². The number of nitrogens with one attached hydrogen (secondary N) is 1. The molecule has 0 aliphatic carbocycles. The number of benzene rings is 1. The van der Waals surface area contributed by atoms with E-state index in [0.717, 1.165) is 5.69 Å². The summed E-state index contributed by atoms with van der Waals surface area (Å²) < 4.78 is 5.29. The Morgan fingerprint density at radius 2 is 2.06 bits per heavy atom. The fourth-order valence-electron chi connectivity index (χ4n) is 1.84. The molecular weight excluding hydrogens is 230 g/mol. The van der Waals surface area contributed by atoms with Gasteiger partial charge < -0.3 is 10.1 Å². The van der Waals surface area contributed by atoms with Gasteiger partial charge in [-0.3, -0.25) is 4.79 Å². The summed E-state index contributed by atoms with van der Waals surface area (Å²) in [5.41, 5.74) is 1.31. The van der Waals surface area contributed by atoms with Gasteiger partial charge in [-0.25, -0.2) is 4.79 Å². The summed E-state index contributed by atoms with van der Waals surface area (Å²) in [5, 5.41) is 3.12. The standard InChI is InChI=1S/C14H17NO3/c1-14(2,3)18-13(17)9-4-5-10-11(8-9)15-7-6-12(10)16/h4-5,8,15H,6-7H2,1-3H3. The highest BCUT2D eigenvalue weighted by Crippen LogP contribution is 2.24. The largest absolute Gasteiger partial charge is 0.456 e. The van der Waals surface area contributed by atoms with Crippen LogP contribution in [0.25, 0.3) is 0 Å². The summed E-state index contributed by atoms with van der Waals surface area (Å²) in [6.45, 7) is 6.09. The van der Waals surface area contributed by atoms with Crippen molar-refractivity contribution in [1.29, 1.82) is 0 Å². The normalized spacial score (nSPS) is 14.7. The van der Waals surface area contributed by atoms with Crippen molar-refractivity contribution >= 4 is 17.4 Å². The molecule has 0 radical (unpaired) electrons. The third-order valence-electron chi connectivity index (χ3n) is 2.62. The van der Waals surface area contributed by atoms with Crippen LogP contribution in [0, 0.1) is 0 Å². The number of esters is 1. The maximum atomic E-state index is 11.9. The SMILES string of the molecule is CC(C)(C)OC(=O)c1ccc2c(c1)NCCC2=O. The summed E-state index contributed by atoms with van der Waals surface area (Å²) >= 11 is 0. The molecule has 0 saturated carbocycles. The molecular formula is C14H17NO3. The molecule has 18 heavy (non-hydrogen) atoms. The van der Waals surface area contributed by atoms with Gasteiger partial charge in [-0.15, -0.1) is 0 Å². The molecule has 1 heterocycles. The molecule has 0 fully saturated rings. The smallest absolute Gasteiger partial charge is 0.338 e. The summed E-state index contributed by atoms with van der Waals surface area (Å²) in [6, 6.07) is 5.00. The van der Waals surface area contributed by atoms with Crippen LogP contribution < -0.4 is 5.32 Å². The van der Waals surface area contributed by atoms with Crippen LogP contribution in [-0.2, 0) is 4.74 Å². The summed E-state index contributed by atoms with van der Waals surface area (Å²) in [4.78, 5) is 23.5. The molecule has 1 aliphatic rings. The number of hydrogen-bond acceptors (Lipinski definition) is 4. The monoisotopic (exact) mass is 247 g/mol. The van der Waals surface area contributed by atoms with Crippen LogP contribution in [0.15, 0.2) is 18.2 Å². The molecule has 0 amide bonds. The maximum absolute atomic E-state index is 11.9. The molecule has 0 aromatic heterocycles. The van der Waals surface area contributed by atoms with Gasteiger partial charge in [-0.1, -0.05) is 0 Å². The van der Waals surface area contributed by atoms with Gasteiger partial charge in [0.1, 0.15) is 5.60 Å². The van der Waals surface area contributed by atoms with Crippen molar-refractivity contribution in [2.45, 2.75) is 32.8 Å². The van der Waals surface area contributed by atoms with Crippen LogP contribution in [0.2, 0.25) is 0 Å². The molecule has 0 spiro atoms. The molecule has 0 bridgehead atoms. The second-order valence-corrected chi connectivity index (χ2v) is 5.36. The second-order valence-electron chi connectivity index (χ2n) is 5.36. The molecule has 4 heteroatoms. The lowest BCUT2D eigenvalue weighted by Crippen LogP contribution is -2.24. The molecule has 1 aromatic rings. The van der Waals surface area contributed by atoms with Gasteiger partial charge in [-0.05, 0) is 39.0 Å². The Hall–Kier alpha value is -1.84. The Kier molecular flexibility index (Phi) is 3.11. The quantitative estimate of drug-likeness (QED) is 0.775. The molecule has 0 unspecified atom stereocenters. The van der Waals surface area contributed by atoms with E-state index in [1.807, 2.05) is 20.8 Å². The van der Waals surface area contributed by atoms with Crippen molar-refractivity contribution in [3.63, 3.8) is 0 Å². The molecule has 4 nitrogen and oxygen atoms in total. The molecule has 2 rings (SSSR count). The van der Waals surface area contributed by atoms with Gasteiger partial charge in [0.05, 0.1) is 5.56 Å². The minimum Gasteiger partial charge on any atom is -0.456 e. The minimum atomic E-state index is -0.518. The van der Waals surface area contributed by atoms with Gasteiger partial charge in [0.25, 0.3) is 0 Å². The Balaban J connectivity index is 2.26. The molecule has 1 N–H and O–H groups in total. The van der Waals surface area contributed by atoms with Crippen molar-refractivity contribution in [2.75, 3.05) is 11.9 Å². The number of carbonyl (C=O) groups excluding carboxylic acids is 2. The summed E-state index contributed by atoms with van der Waals surface area (Å²) in [6.07, 6.45) is 0.499. The van der Waals surface area contributed by atoms with E-state index in [4.69, 9.17) is 4.74 Å². The third kappa shape index (κ3) is 2.70. The first kappa shape index (κ1) is 12.6. The zero-order valence-electron chi connectivity index (χ0n) is 10.9. The number of ketones is 1. The van der Waals surface area contributed by atoms with Gasteiger partial charge in [0.15, 0.2) is 5.78 Å². The maximum Gasteiger partial charge on any atom is 0.338 e. The lowest BCUT2D eigenvalue weighted by atomic mass is 10.00. The zero-order valence-corrected chi connectivity index (χ0v) is 10.9. The number of ether oxygens (including phenoxy) is 1. The van der Waals surface area contributed by atoms with E-state index in [9.17, 15) is 9.59 Å². The van der Waals surface area contributed by atoms with E-state index in [-0.39, 0.29) is 11.8 Å². The van der Waals surface area contributed by atoms with E-state index >= 15 is 0 Å². The van der Waals surface area contributed by atoms with Gasteiger partial charge in [0, 0.05) is 24.2 Å². The van der Waals surface area contributed by atoms with Crippen molar-refractivity contribution in [3.8, 4) is 0 Å². The number of rotatable bonds is 1. The Morgan fingerprint density at radius 3 is 2.72 bits per heavy atom. The highest BCUT2D eigenvalue weighted by Gasteiger charge is 2.21. The van der Waals surface area contributed by atoms with E-state index in [2.05, 4.69) is 5.32 Å². The summed E-state index contributed by atoms with van der Waals surface area (Å²) in [5.74, 6) is -0.260. The molecule has 96 valence electrons. The second kappa shape index (κ2) is 4.44. The van der Waals surface area contributed by atoms with Crippen molar-refractivity contribution in [3.05, 3.63) is 29.3 Å². The average Bonchev–Trinajstić information content (AvgIpc) is 2.26. The number of carbonyl (C=O) groups is 2. The van der Waals surface area contributed by atoms with Crippen LogP contribution >= 0.6 is 0 Å². The van der Waals surface area contributed by atoms with E-state index < -0.39 is 5.60 Å². The van der Waals surface area contributed by atoms with Crippen LogP contribution in [0.5, 0.6) is 0 Å². The lowest BCUT2D eigenvalue weighted by molar-refractivity contribution is 0.00694. The fraction of sp³-hybridized carbons (Fsp3) is 0.429. The first-order chi connectivity index (χ1) is 8.37. The van der Waals surface area contributed by atoms with Gasteiger partial charge in [-0.2, -0.15) is 0 Å². The number of Topliss-reactive ketones (excluding diaryl/α,β-unsaturated/α-hetero) is 1. The molecule has 0 saturated heterocycles. The van der Waals surface area contributed by atoms with Gasteiger partial charge >= 0.3 is 5.97 Å². The van der Waals surface area contributed by atoms with Crippen LogP contribution in [0.1, 0.15) is 47.9 Å². The Bertz CT molecular complexity index is 500. The Labute approximate surface area is 106 Å². The summed E-state index contributed by atoms with van der Waals surface area (Å²) in [7, 11) is 0. The van der Waals surface area contributed by atoms with Crippen molar-refractivity contribution < 1.29 is 14.3 Å². The van der Waals surface area contributed by atoms with E-state index in [1.165, 1.54) is 0 Å². The third-order valence-corrected chi connectivity index (χ3v) is 2.62. The van der Waals surface area contributed by atoms with E-state index in [1.54, 1.807) is 18.2 Å². The predicted molar refractivity (Wildman–Crippen MR) is 69.0 cm³/mol. The Morgan fingerprint density at radius 1 is 1.33 bits per heavy atom. The number of fused-ring (bicyclic) bond motifs is 1. The molecule has 1 aromatic carbocycles. The van der Waals surface area contributed by atoms with Crippen molar-refractivity contribution in [2.24, 2.45) is 0 Å². The molecule has 0 atom stereocenters. The highest BCUT2D eigenvalue weighted by atomic mass is 16.6. The zero-order chi connectivity index (χ0) is 13.3. The van der Waals surface area contributed by atoms with Crippen LogP contribution in [-0.4, -0.2) is 23.9 Å². The first-order valence-electron chi connectivity index (χ1n) is 6.01. The number of hydrogen-bond donors (Lipinski definition) is 1. The number of anilines is 1. The first-order valence-corrected chi connectivity index (χ1v) is 6.01. The van der Waals surface area contributed by atoms with Crippen molar-refractivity contribution in [1.82, 2.24) is 0 Å². The lowest BCUT2D eigenvalue weighted by Gasteiger charge is -2.21. The average molecular weight is 247 g/mol.